The molecule has 0 amide bonds. The minimum Gasteiger partial charge on any atom is -0.496 e. The van der Waals surface area contributed by atoms with Crippen molar-refractivity contribution in [1.29, 1.82) is 0 Å². The highest BCUT2D eigenvalue weighted by molar-refractivity contribution is 5.99. The lowest BCUT2D eigenvalue weighted by Gasteiger charge is -2.30. The Morgan fingerprint density at radius 1 is 0.938 bits per heavy atom. The molecule has 1 aromatic heterocycles. The number of rotatable bonds is 4. The average Bonchev–Trinajstić information content (AvgIpc) is 3.24. The highest BCUT2D eigenvalue weighted by Crippen LogP contribution is 2.50. The predicted octanol–water partition coefficient (Wildman–Crippen LogP) is 4.40. The second-order valence-electron chi connectivity index (χ2n) is 7.94. The number of hydrogen-bond donors (Lipinski definition) is 0. The molecular formula is C24H22O8. The highest BCUT2D eigenvalue weighted by atomic mass is 16.7. The Morgan fingerprint density at radius 2 is 1.66 bits per heavy atom. The van der Waals surface area contributed by atoms with Crippen LogP contribution in [0.5, 0.6) is 34.5 Å². The zero-order chi connectivity index (χ0) is 22.6. The molecule has 0 fully saturated rings. The van der Waals surface area contributed by atoms with Gasteiger partial charge in [0.2, 0.25) is 18.0 Å². The van der Waals surface area contributed by atoms with Crippen LogP contribution < -0.4 is 33.8 Å². The number of fused-ring (bicyclic) bond motifs is 4. The quantitative estimate of drug-likeness (QED) is 0.593. The molecule has 32 heavy (non-hydrogen) atoms. The van der Waals surface area contributed by atoms with Gasteiger partial charge in [-0.2, -0.15) is 0 Å². The van der Waals surface area contributed by atoms with Crippen molar-refractivity contribution in [1.82, 2.24) is 0 Å². The smallest absolute Gasteiger partial charge is 0.231 e. The average molecular weight is 438 g/mol. The van der Waals surface area contributed by atoms with Crippen LogP contribution in [-0.4, -0.2) is 33.7 Å². The van der Waals surface area contributed by atoms with Crippen LogP contribution in [0.3, 0.4) is 0 Å². The van der Waals surface area contributed by atoms with E-state index in [9.17, 15) is 4.79 Å². The first kappa shape index (κ1) is 20.1. The normalized spacial score (nSPS) is 15.3. The number of methoxy groups -OCH3 is 3. The molecule has 0 saturated carbocycles. The first-order chi connectivity index (χ1) is 15.4. The molecule has 0 aliphatic carbocycles. The van der Waals surface area contributed by atoms with Crippen LogP contribution in [-0.2, 0) is 0 Å². The van der Waals surface area contributed by atoms with Crippen LogP contribution in [0.15, 0.2) is 33.7 Å². The van der Waals surface area contributed by atoms with Gasteiger partial charge in [0.25, 0.3) is 0 Å². The molecule has 8 heteroatoms. The molecule has 0 radical (unpaired) electrons. The summed E-state index contributed by atoms with van der Waals surface area (Å²) in [6.07, 6.45) is 5.17. The molecule has 0 bridgehead atoms. The zero-order valence-electron chi connectivity index (χ0n) is 18.4. The molecule has 0 atom stereocenters. The van der Waals surface area contributed by atoms with Crippen LogP contribution in [0.1, 0.15) is 19.4 Å². The highest BCUT2D eigenvalue weighted by Gasteiger charge is 2.32. The van der Waals surface area contributed by atoms with Crippen molar-refractivity contribution in [3.8, 4) is 45.6 Å². The van der Waals surface area contributed by atoms with Crippen molar-refractivity contribution in [2.24, 2.45) is 0 Å². The van der Waals surface area contributed by atoms with Gasteiger partial charge in [0.1, 0.15) is 23.0 Å². The maximum Gasteiger partial charge on any atom is 0.231 e. The standard InChI is InChI=1S/C24H22O8/c1-24(2)7-6-12-20-18(22(27-4)23(28-5)21(12)32-24)19(25)14(10-29-20)13-8-16-17(31-11-30-16)9-15(13)26-3/h6-10H,11H2,1-5H3. The van der Waals surface area contributed by atoms with Crippen LogP contribution in [0.4, 0.5) is 0 Å². The third-order valence-electron chi connectivity index (χ3n) is 5.53. The van der Waals surface area contributed by atoms with Gasteiger partial charge in [0.15, 0.2) is 28.6 Å². The fourth-order valence-corrected chi connectivity index (χ4v) is 4.02. The Labute approximate surface area is 183 Å². The minimum absolute atomic E-state index is 0.105. The van der Waals surface area contributed by atoms with Crippen LogP contribution in [0, 0.1) is 0 Å². The molecule has 2 aliphatic rings. The topological polar surface area (TPSA) is 85.6 Å². The van der Waals surface area contributed by atoms with Gasteiger partial charge in [-0.25, -0.2) is 0 Å². The predicted molar refractivity (Wildman–Crippen MR) is 117 cm³/mol. The molecule has 0 saturated heterocycles. The van der Waals surface area contributed by atoms with Gasteiger partial charge in [-0.3, -0.25) is 4.79 Å². The number of ether oxygens (including phenoxy) is 6. The van der Waals surface area contributed by atoms with E-state index in [1.54, 1.807) is 12.1 Å². The molecular weight excluding hydrogens is 416 g/mol. The van der Waals surface area contributed by atoms with Gasteiger partial charge in [-0.15, -0.1) is 0 Å². The Bertz CT molecular complexity index is 1330. The Morgan fingerprint density at radius 3 is 2.34 bits per heavy atom. The van der Waals surface area contributed by atoms with Crippen LogP contribution >= 0.6 is 0 Å². The number of hydrogen-bond acceptors (Lipinski definition) is 8. The molecule has 3 heterocycles. The van der Waals surface area contributed by atoms with E-state index in [1.807, 2.05) is 26.0 Å². The summed E-state index contributed by atoms with van der Waals surface area (Å²) in [5.74, 6) is 2.55. The van der Waals surface area contributed by atoms with E-state index < -0.39 is 5.60 Å². The van der Waals surface area contributed by atoms with E-state index in [4.69, 9.17) is 32.8 Å². The molecule has 0 unspecified atom stereocenters. The summed E-state index contributed by atoms with van der Waals surface area (Å²) in [5, 5.41) is 0.244. The van der Waals surface area contributed by atoms with Gasteiger partial charge in [-0.1, -0.05) is 0 Å². The Balaban J connectivity index is 1.84. The van der Waals surface area contributed by atoms with Gasteiger partial charge >= 0.3 is 0 Å². The van der Waals surface area contributed by atoms with Crippen molar-refractivity contribution >= 4 is 17.0 Å². The van der Waals surface area contributed by atoms with Crippen molar-refractivity contribution in [3.63, 3.8) is 0 Å². The van der Waals surface area contributed by atoms with E-state index in [1.165, 1.54) is 27.6 Å². The summed E-state index contributed by atoms with van der Waals surface area (Å²) >= 11 is 0. The van der Waals surface area contributed by atoms with Crippen molar-refractivity contribution < 1.29 is 32.8 Å². The van der Waals surface area contributed by atoms with E-state index in [2.05, 4.69) is 0 Å². The van der Waals surface area contributed by atoms with Crippen LogP contribution in [0.2, 0.25) is 0 Å². The minimum atomic E-state index is -0.556. The van der Waals surface area contributed by atoms with E-state index in [-0.39, 0.29) is 28.9 Å². The van der Waals surface area contributed by atoms with Gasteiger partial charge in [-0.05, 0) is 32.1 Å². The monoisotopic (exact) mass is 438 g/mol. The first-order valence-electron chi connectivity index (χ1n) is 9.98. The zero-order valence-corrected chi connectivity index (χ0v) is 18.4. The summed E-state index contributed by atoms with van der Waals surface area (Å²) in [6.45, 7) is 3.95. The van der Waals surface area contributed by atoms with Crippen molar-refractivity contribution in [3.05, 3.63) is 40.3 Å². The largest absolute Gasteiger partial charge is 0.496 e. The van der Waals surface area contributed by atoms with E-state index in [0.29, 0.717) is 45.5 Å². The third kappa shape index (κ3) is 2.86. The second kappa shape index (κ2) is 7.12. The number of benzene rings is 2. The first-order valence-corrected chi connectivity index (χ1v) is 9.98. The molecule has 8 nitrogen and oxygen atoms in total. The Kier molecular flexibility index (Phi) is 4.47. The SMILES string of the molecule is COc1cc2c(cc1-c1coc3c4c(c(OC)c(OC)c3c1=O)OC(C)(C)C=C4)OCO2. The maximum atomic E-state index is 13.8. The van der Waals surface area contributed by atoms with Crippen LogP contribution in [0.25, 0.3) is 28.2 Å². The van der Waals surface area contributed by atoms with Gasteiger partial charge in [0.05, 0.1) is 32.5 Å². The lowest BCUT2D eigenvalue weighted by Crippen LogP contribution is -2.28. The summed E-state index contributed by atoms with van der Waals surface area (Å²) in [4.78, 5) is 13.8. The molecule has 0 N–H and O–H groups in total. The molecule has 166 valence electrons. The second-order valence-corrected chi connectivity index (χ2v) is 7.94. The Hall–Kier alpha value is -3.81. The molecule has 5 rings (SSSR count). The summed E-state index contributed by atoms with van der Waals surface area (Å²) in [7, 11) is 4.50. The molecule has 2 aliphatic heterocycles. The maximum absolute atomic E-state index is 13.8. The summed E-state index contributed by atoms with van der Waals surface area (Å²) < 4.78 is 39.8. The summed E-state index contributed by atoms with van der Waals surface area (Å²) in [6, 6.07) is 3.39. The lowest BCUT2D eigenvalue weighted by molar-refractivity contribution is 0.151. The van der Waals surface area contributed by atoms with Gasteiger partial charge in [0, 0.05) is 11.6 Å². The summed E-state index contributed by atoms with van der Waals surface area (Å²) in [5.41, 5.74) is 0.891. The van der Waals surface area contributed by atoms with Crippen molar-refractivity contribution in [2.75, 3.05) is 28.1 Å². The van der Waals surface area contributed by atoms with E-state index in [0.717, 1.165) is 0 Å². The lowest BCUT2D eigenvalue weighted by atomic mass is 9.97. The molecule has 2 aromatic carbocycles. The third-order valence-corrected chi connectivity index (χ3v) is 5.53. The molecule has 3 aromatic rings. The molecule has 0 spiro atoms. The van der Waals surface area contributed by atoms with Gasteiger partial charge < -0.3 is 32.8 Å². The van der Waals surface area contributed by atoms with E-state index >= 15 is 0 Å². The fourth-order valence-electron chi connectivity index (χ4n) is 4.02. The fraction of sp³-hybridized carbons (Fsp3) is 0.292. The van der Waals surface area contributed by atoms with Crippen molar-refractivity contribution in [2.45, 2.75) is 19.4 Å².